The third-order valence-corrected chi connectivity index (χ3v) is 2.87. The Morgan fingerprint density at radius 3 is 2.86 bits per heavy atom. The van der Waals surface area contributed by atoms with Gasteiger partial charge in [0, 0.05) is 19.4 Å². The van der Waals surface area contributed by atoms with Crippen LogP contribution in [0.3, 0.4) is 0 Å². The molecule has 0 aliphatic heterocycles. The molecule has 2 N–H and O–H groups in total. The zero-order valence-electron chi connectivity index (χ0n) is 8.57. The first-order valence-electron chi connectivity index (χ1n) is 5.09. The minimum atomic E-state index is -0.119. The lowest BCUT2D eigenvalue weighted by Gasteiger charge is -2.22. The number of aryl methyl sites for hydroxylation is 1. The molecular formula is C10H17N3O. The lowest BCUT2D eigenvalue weighted by Crippen LogP contribution is -2.42. The van der Waals surface area contributed by atoms with Crippen LogP contribution in [0.1, 0.15) is 25.7 Å². The van der Waals surface area contributed by atoms with Crippen molar-refractivity contribution in [2.24, 2.45) is 12.8 Å². The first-order chi connectivity index (χ1) is 6.70. The van der Waals surface area contributed by atoms with Crippen molar-refractivity contribution in [1.82, 2.24) is 9.55 Å². The molecular weight excluding hydrogens is 178 g/mol. The van der Waals surface area contributed by atoms with E-state index in [1.807, 2.05) is 17.8 Å². The van der Waals surface area contributed by atoms with Crippen LogP contribution in [0.4, 0.5) is 0 Å². The first-order valence-corrected chi connectivity index (χ1v) is 5.09. The molecule has 0 radical (unpaired) electrons. The van der Waals surface area contributed by atoms with Crippen molar-refractivity contribution >= 4 is 0 Å². The summed E-state index contributed by atoms with van der Waals surface area (Å²) in [5.41, 5.74) is 6.04. The topological polar surface area (TPSA) is 53.1 Å². The largest absolute Gasteiger partial charge is 0.463 e. The van der Waals surface area contributed by atoms with Crippen molar-refractivity contribution < 1.29 is 4.74 Å². The Kier molecular flexibility index (Phi) is 2.46. The van der Waals surface area contributed by atoms with Crippen molar-refractivity contribution in [2.75, 3.05) is 6.61 Å². The molecule has 1 aliphatic carbocycles. The van der Waals surface area contributed by atoms with Crippen LogP contribution >= 0.6 is 0 Å². The van der Waals surface area contributed by atoms with Gasteiger partial charge in [-0.05, 0) is 12.8 Å². The minimum absolute atomic E-state index is 0.119. The third kappa shape index (κ3) is 1.90. The fourth-order valence-corrected chi connectivity index (χ4v) is 1.92. The van der Waals surface area contributed by atoms with E-state index in [1.165, 1.54) is 12.8 Å². The molecule has 1 aromatic rings. The van der Waals surface area contributed by atoms with Gasteiger partial charge in [-0.25, -0.2) is 4.98 Å². The number of imidazole rings is 1. The van der Waals surface area contributed by atoms with E-state index >= 15 is 0 Å². The van der Waals surface area contributed by atoms with Crippen LogP contribution in [0.5, 0.6) is 6.01 Å². The van der Waals surface area contributed by atoms with Crippen molar-refractivity contribution in [3.63, 3.8) is 0 Å². The van der Waals surface area contributed by atoms with Gasteiger partial charge in [0.25, 0.3) is 6.01 Å². The number of rotatable bonds is 3. The highest BCUT2D eigenvalue weighted by atomic mass is 16.5. The molecule has 0 aromatic carbocycles. The standard InChI is InChI=1S/C10H17N3O/c1-13-7-6-12-9(13)14-8-10(11)4-2-3-5-10/h6-7H,2-5,8,11H2,1H3. The van der Waals surface area contributed by atoms with Gasteiger partial charge in [-0.3, -0.25) is 0 Å². The third-order valence-electron chi connectivity index (χ3n) is 2.87. The normalized spacial score (nSPS) is 19.9. The summed E-state index contributed by atoms with van der Waals surface area (Å²) in [7, 11) is 1.92. The van der Waals surface area contributed by atoms with E-state index in [9.17, 15) is 0 Å². The second-order valence-corrected chi connectivity index (χ2v) is 4.18. The van der Waals surface area contributed by atoms with Gasteiger partial charge >= 0.3 is 0 Å². The summed E-state index contributed by atoms with van der Waals surface area (Å²) in [5.74, 6) is 0. The predicted molar refractivity (Wildman–Crippen MR) is 54.1 cm³/mol. The van der Waals surface area contributed by atoms with Gasteiger partial charge in [0.05, 0.1) is 5.54 Å². The summed E-state index contributed by atoms with van der Waals surface area (Å²) in [6, 6.07) is 0.654. The monoisotopic (exact) mass is 195 g/mol. The molecule has 1 heterocycles. The number of hydrogen-bond donors (Lipinski definition) is 1. The molecule has 2 rings (SSSR count). The summed E-state index contributed by atoms with van der Waals surface area (Å²) in [6.45, 7) is 0.581. The zero-order chi connectivity index (χ0) is 10.0. The molecule has 0 spiro atoms. The molecule has 0 atom stereocenters. The molecule has 1 saturated carbocycles. The van der Waals surface area contributed by atoms with Crippen molar-refractivity contribution in [3.05, 3.63) is 12.4 Å². The van der Waals surface area contributed by atoms with E-state index in [4.69, 9.17) is 10.5 Å². The summed E-state index contributed by atoms with van der Waals surface area (Å²) in [6.07, 6.45) is 8.18. The van der Waals surface area contributed by atoms with E-state index in [-0.39, 0.29) is 5.54 Å². The van der Waals surface area contributed by atoms with E-state index in [2.05, 4.69) is 4.98 Å². The molecule has 1 aliphatic rings. The number of aromatic nitrogens is 2. The van der Waals surface area contributed by atoms with Crippen LogP contribution in [0.2, 0.25) is 0 Å². The molecule has 0 amide bonds. The van der Waals surface area contributed by atoms with Gasteiger partial charge in [-0.2, -0.15) is 0 Å². The maximum atomic E-state index is 6.16. The van der Waals surface area contributed by atoms with Gasteiger partial charge in [-0.1, -0.05) is 12.8 Å². The summed E-state index contributed by atoms with van der Waals surface area (Å²) >= 11 is 0. The highest BCUT2D eigenvalue weighted by Gasteiger charge is 2.30. The number of ether oxygens (including phenoxy) is 1. The average molecular weight is 195 g/mol. The zero-order valence-corrected chi connectivity index (χ0v) is 8.57. The van der Waals surface area contributed by atoms with Gasteiger partial charge in [0.15, 0.2) is 0 Å². The fourth-order valence-electron chi connectivity index (χ4n) is 1.92. The molecule has 0 unspecified atom stereocenters. The number of nitrogens with two attached hydrogens (primary N) is 1. The molecule has 78 valence electrons. The van der Waals surface area contributed by atoms with Crippen LogP contribution < -0.4 is 10.5 Å². The van der Waals surface area contributed by atoms with Gasteiger partial charge < -0.3 is 15.0 Å². The Morgan fingerprint density at radius 2 is 2.29 bits per heavy atom. The SMILES string of the molecule is Cn1ccnc1OCC1(N)CCCC1. The Hall–Kier alpha value is -1.03. The van der Waals surface area contributed by atoms with Crippen LogP contribution in [0, 0.1) is 0 Å². The quantitative estimate of drug-likeness (QED) is 0.785. The number of nitrogens with zero attached hydrogens (tertiary/aromatic N) is 2. The summed E-state index contributed by atoms with van der Waals surface area (Å²) in [5, 5.41) is 0. The summed E-state index contributed by atoms with van der Waals surface area (Å²) < 4.78 is 7.45. The molecule has 1 aromatic heterocycles. The van der Waals surface area contributed by atoms with Crippen molar-refractivity contribution in [1.29, 1.82) is 0 Å². The Labute approximate surface area is 84.1 Å². The van der Waals surface area contributed by atoms with Crippen LogP contribution in [-0.4, -0.2) is 21.7 Å². The maximum Gasteiger partial charge on any atom is 0.296 e. The molecule has 0 bridgehead atoms. The van der Waals surface area contributed by atoms with Crippen LogP contribution in [0.15, 0.2) is 12.4 Å². The van der Waals surface area contributed by atoms with E-state index in [0.717, 1.165) is 12.8 Å². The van der Waals surface area contributed by atoms with E-state index in [1.54, 1.807) is 6.20 Å². The van der Waals surface area contributed by atoms with E-state index < -0.39 is 0 Å². The lowest BCUT2D eigenvalue weighted by atomic mass is 10.0. The summed E-state index contributed by atoms with van der Waals surface area (Å²) in [4.78, 5) is 4.09. The van der Waals surface area contributed by atoms with E-state index in [0.29, 0.717) is 12.6 Å². The highest BCUT2D eigenvalue weighted by molar-refractivity contribution is 4.99. The minimum Gasteiger partial charge on any atom is -0.463 e. The second-order valence-electron chi connectivity index (χ2n) is 4.18. The highest BCUT2D eigenvalue weighted by Crippen LogP contribution is 2.27. The van der Waals surface area contributed by atoms with Gasteiger partial charge in [0.2, 0.25) is 0 Å². The van der Waals surface area contributed by atoms with Crippen LogP contribution in [-0.2, 0) is 7.05 Å². The number of hydrogen-bond acceptors (Lipinski definition) is 3. The van der Waals surface area contributed by atoms with Gasteiger partial charge in [0.1, 0.15) is 6.61 Å². The van der Waals surface area contributed by atoms with Crippen molar-refractivity contribution in [3.8, 4) is 6.01 Å². The molecule has 14 heavy (non-hydrogen) atoms. The Balaban J connectivity index is 1.91. The molecule has 1 fully saturated rings. The molecule has 4 nitrogen and oxygen atoms in total. The molecule has 4 heteroatoms. The smallest absolute Gasteiger partial charge is 0.296 e. The maximum absolute atomic E-state index is 6.16. The fraction of sp³-hybridized carbons (Fsp3) is 0.700. The van der Waals surface area contributed by atoms with Crippen LogP contribution in [0.25, 0.3) is 0 Å². The van der Waals surface area contributed by atoms with Gasteiger partial charge in [-0.15, -0.1) is 0 Å². The Bertz CT molecular complexity index is 302. The van der Waals surface area contributed by atoms with Crippen molar-refractivity contribution in [2.45, 2.75) is 31.2 Å². The Morgan fingerprint density at radius 1 is 1.57 bits per heavy atom. The average Bonchev–Trinajstić information content (AvgIpc) is 2.73. The second kappa shape index (κ2) is 3.61. The first kappa shape index (κ1) is 9.52. The predicted octanol–water partition coefficient (Wildman–Crippen LogP) is 1.07. The lowest BCUT2D eigenvalue weighted by molar-refractivity contribution is 0.201. The molecule has 0 saturated heterocycles.